The zero-order chi connectivity index (χ0) is 21.4. The lowest BCUT2D eigenvalue weighted by Gasteiger charge is -2.14. The van der Waals surface area contributed by atoms with E-state index in [1.807, 2.05) is 6.07 Å². The number of hydrogen-bond donors (Lipinski definition) is 4. The topological polar surface area (TPSA) is 154 Å². The van der Waals surface area contributed by atoms with Gasteiger partial charge < -0.3 is 20.8 Å². The van der Waals surface area contributed by atoms with Crippen molar-refractivity contribution in [3.05, 3.63) is 33.7 Å². The van der Waals surface area contributed by atoms with Crippen molar-refractivity contribution < 1.29 is 10.2 Å². The predicted molar refractivity (Wildman–Crippen MR) is 109 cm³/mol. The molecule has 0 fully saturated rings. The molecular formula is C18H18N8O2S. The summed E-state index contributed by atoms with van der Waals surface area (Å²) in [6, 6.07) is 4.10. The van der Waals surface area contributed by atoms with E-state index in [2.05, 4.69) is 36.8 Å². The fourth-order valence-corrected chi connectivity index (χ4v) is 3.31. The third-order valence-corrected chi connectivity index (χ3v) is 4.96. The fraction of sp³-hybridized carbons (Fsp3) is 0.333. The number of pyridine rings is 1. The summed E-state index contributed by atoms with van der Waals surface area (Å²) in [6.45, 7) is 10.7. The van der Waals surface area contributed by atoms with Gasteiger partial charge in [0.1, 0.15) is 28.6 Å². The molecule has 10 nitrogen and oxygen atoms in total. The van der Waals surface area contributed by atoms with Crippen LogP contribution in [-0.4, -0.2) is 41.5 Å². The second-order valence-electron chi connectivity index (χ2n) is 5.71. The van der Waals surface area contributed by atoms with Crippen LogP contribution in [0.1, 0.15) is 22.3 Å². The Morgan fingerprint density at radius 1 is 1.03 bits per heavy atom. The van der Waals surface area contributed by atoms with E-state index in [9.17, 15) is 10.5 Å². The number of nitrogens with one attached hydrogen (secondary N) is 2. The lowest BCUT2D eigenvalue weighted by atomic mass is 10.1. The molecule has 0 atom stereocenters. The largest absolute Gasteiger partial charge is 0.395 e. The first-order valence-corrected chi connectivity index (χ1v) is 9.30. The normalized spacial score (nSPS) is 10.4. The first-order valence-electron chi connectivity index (χ1n) is 8.49. The molecule has 2 rings (SSSR count). The summed E-state index contributed by atoms with van der Waals surface area (Å²) >= 11 is 1.06. The molecule has 0 aliphatic rings. The van der Waals surface area contributed by atoms with Gasteiger partial charge in [0.2, 0.25) is 5.00 Å². The van der Waals surface area contributed by atoms with Crippen LogP contribution in [0.25, 0.3) is 4.85 Å². The number of thiophene rings is 1. The third kappa shape index (κ3) is 4.65. The van der Waals surface area contributed by atoms with E-state index in [0.717, 1.165) is 11.3 Å². The number of azo groups is 1. The number of nitriles is 2. The van der Waals surface area contributed by atoms with Gasteiger partial charge in [0, 0.05) is 18.7 Å². The Kier molecular flexibility index (Phi) is 7.58. The number of nitrogens with zero attached hydrogens (tertiary/aromatic N) is 6. The van der Waals surface area contributed by atoms with E-state index >= 15 is 0 Å². The van der Waals surface area contributed by atoms with Crippen LogP contribution in [0.5, 0.6) is 0 Å². The van der Waals surface area contributed by atoms with Crippen LogP contribution in [-0.2, 0) is 0 Å². The molecule has 2 aromatic rings. The van der Waals surface area contributed by atoms with Gasteiger partial charge >= 0.3 is 0 Å². The van der Waals surface area contributed by atoms with Gasteiger partial charge in [-0.25, -0.2) is 9.83 Å². The van der Waals surface area contributed by atoms with Crippen LogP contribution >= 0.6 is 11.3 Å². The maximum absolute atomic E-state index is 9.53. The number of rotatable bonds is 8. The van der Waals surface area contributed by atoms with E-state index in [1.165, 1.54) is 0 Å². The van der Waals surface area contributed by atoms with Crippen molar-refractivity contribution in [3.8, 4) is 12.1 Å². The lowest BCUT2D eigenvalue weighted by Crippen LogP contribution is -2.13. The molecule has 0 radical (unpaired) electrons. The number of aliphatic hydroxyl groups excluding tert-OH is 2. The van der Waals surface area contributed by atoms with Gasteiger partial charge in [-0.15, -0.1) is 21.6 Å². The smallest absolute Gasteiger partial charge is 0.247 e. The first-order chi connectivity index (χ1) is 14.0. The molecular weight excluding hydrogens is 392 g/mol. The van der Waals surface area contributed by atoms with E-state index in [1.54, 1.807) is 13.8 Å². The molecule has 148 valence electrons. The minimum Gasteiger partial charge on any atom is -0.395 e. The van der Waals surface area contributed by atoms with Gasteiger partial charge in [-0.1, -0.05) is 0 Å². The molecule has 29 heavy (non-hydrogen) atoms. The molecule has 0 bridgehead atoms. The molecule has 2 heterocycles. The van der Waals surface area contributed by atoms with Crippen LogP contribution < -0.4 is 10.6 Å². The summed E-state index contributed by atoms with van der Waals surface area (Å²) in [7, 11) is 0. The van der Waals surface area contributed by atoms with Crippen LogP contribution in [0.15, 0.2) is 10.2 Å². The van der Waals surface area contributed by atoms with Crippen LogP contribution in [0, 0.1) is 43.1 Å². The van der Waals surface area contributed by atoms with E-state index in [4.69, 9.17) is 16.8 Å². The standard InChI is InChI=1S/C18H18N8O2S/c1-10-12(8-19)15(22-4-6-27)24-16(23-5-7-28)14(10)25-26-18-13(9-20)11(2)17(21-3)29-18/h27-28H,4-7H2,1-2H3,(H2,22,23,24). The van der Waals surface area contributed by atoms with Crippen molar-refractivity contribution in [3.63, 3.8) is 0 Å². The van der Waals surface area contributed by atoms with Gasteiger partial charge in [-0.3, -0.25) is 0 Å². The van der Waals surface area contributed by atoms with E-state index < -0.39 is 0 Å². The Morgan fingerprint density at radius 3 is 2.21 bits per heavy atom. The second kappa shape index (κ2) is 10.1. The highest BCUT2D eigenvalue weighted by Gasteiger charge is 2.18. The van der Waals surface area contributed by atoms with Crippen molar-refractivity contribution in [2.45, 2.75) is 13.8 Å². The van der Waals surface area contributed by atoms with Gasteiger partial charge in [0.25, 0.3) is 0 Å². The highest BCUT2D eigenvalue weighted by molar-refractivity contribution is 7.20. The Bertz CT molecular complexity index is 1060. The molecule has 0 aliphatic carbocycles. The molecule has 0 saturated carbocycles. The number of aliphatic hydroxyl groups is 2. The van der Waals surface area contributed by atoms with Crippen LogP contribution in [0.3, 0.4) is 0 Å². The molecule has 0 aromatic carbocycles. The molecule has 0 unspecified atom stereocenters. The van der Waals surface area contributed by atoms with E-state index in [0.29, 0.717) is 21.1 Å². The quantitative estimate of drug-likeness (QED) is 0.384. The molecule has 0 saturated heterocycles. The molecule has 2 aromatic heterocycles. The molecule has 11 heteroatoms. The maximum atomic E-state index is 9.53. The first kappa shape index (κ1) is 21.7. The van der Waals surface area contributed by atoms with Crippen molar-refractivity contribution in [1.82, 2.24) is 4.98 Å². The summed E-state index contributed by atoms with van der Waals surface area (Å²) in [5, 5.41) is 51.9. The average Bonchev–Trinajstić information content (AvgIpc) is 3.04. The molecule has 0 aliphatic heterocycles. The highest BCUT2D eigenvalue weighted by atomic mass is 32.1. The minimum absolute atomic E-state index is 0.134. The fourth-order valence-electron chi connectivity index (χ4n) is 2.44. The number of aromatic nitrogens is 1. The zero-order valence-corrected chi connectivity index (χ0v) is 16.6. The summed E-state index contributed by atoms with van der Waals surface area (Å²) in [5.41, 5.74) is 1.85. The minimum atomic E-state index is -0.145. The number of anilines is 2. The van der Waals surface area contributed by atoms with Gasteiger partial charge in [-0.05, 0) is 19.4 Å². The number of hydrogen-bond acceptors (Lipinski definition) is 10. The monoisotopic (exact) mass is 410 g/mol. The Labute approximate surface area is 171 Å². The van der Waals surface area contributed by atoms with Crippen LogP contribution in [0.4, 0.5) is 27.3 Å². The van der Waals surface area contributed by atoms with Crippen LogP contribution in [0.2, 0.25) is 0 Å². The van der Waals surface area contributed by atoms with E-state index in [-0.39, 0.29) is 54.8 Å². The van der Waals surface area contributed by atoms with Gasteiger partial charge in [0.15, 0.2) is 5.82 Å². The Hall–Kier alpha value is -3.56. The average molecular weight is 410 g/mol. The third-order valence-electron chi connectivity index (χ3n) is 3.89. The Balaban J connectivity index is 2.59. The van der Waals surface area contributed by atoms with Crippen molar-refractivity contribution in [1.29, 1.82) is 10.5 Å². The lowest BCUT2D eigenvalue weighted by molar-refractivity contribution is 0.311. The molecule has 0 spiro atoms. The Morgan fingerprint density at radius 2 is 1.66 bits per heavy atom. The van der Waals surface area contributed by atoms with Crippen molar-refractivity contribution in [2.75, 3.05) is 36.9 Å². The highest BCUT2D eigenvalue weighted by Crippen LogP contribution is 2.42. The second-order valence-corrected chi connectivity index (χ2v) is 6.68. The summed E-state index contributed by atoms with van der Waals surface area (Å²) < 4.78 is 0. The zero-order valence-electron chi connectivity index (χ0n) is 15.8. The maximum Gasteiger partial charge on any atom is 0.247 e. The molecule has 4 N–H and O–H groups in total. The summed E-state index contributed by atoms with van der Waals surface area (Å²) in [4.78, 5) is 7.73. The predicted octanol–water partition coefficient (Wildman–Crippen LogP) is 3.28. The van der Waals surface area contributed by atoms with Crippen molar-refractivity contribution >= 4 is 38.7 Å². The van der Waals surface area contributed by atoms with Gasteiger partial charge in [-0.2, -0.15) is 10.5 Å². The van der Waals surface area contributed by atoms with Gasteiger partial charge in [0.05, 0.1) is 30.9 Å². The molecule has 0 amide bonds. The summed E-state index contributed by atoms with van der Waals surface area (Å²) in [5.74, 6) is 0.565. The van der Waals surface area contributed by atoms with Crippen molar-refractivity contribution in [2.24, 2.45) is 10.2 Å². The SMILES string of the molecule is [C-]#[N+]c1sc(N=Nc2c(NCCO)nc(NCCO)c(C#N)c2C)c(C#N)c1C. The summed E-state index contributed by atoms with van der Waals surface area (Å²) in [6.07, 6.45) is 0.